The maximum Gasteiger partial charge on any atom is 0.258 e. The summed E-state index contributed by atoms with van der Waals surface area (Å²) in [6, 6.07) is 5.30. The molecule has 2 bridgehead atoms. The number of carbonyl (C=O) groups is 2. The van der Waals surface area contributed by atoms with Gasteiger partial charge in [0.2, 0.25) is 5.91 Å². The predicted octanol–water partition coefficient (Wildman–Crippen LogP) is 2.41. The van der Waals surface area contributed by atoms with Crippen LogP contribution in [0.4, 0.5) is 0 Å². The number of benzene rings is 1. The first-order chi connectivity index (χ1) is 14.5. The van der Waals surface area contributed by atoms with Crippen molar-refractivity contribution in [2.45, 2.75) is 45.3 Å². The molecular formula is C23H33N3O4. The van der Waals surface area contributed by atoms with Gasteiger partial charge in [-0.25, -0.2) is 0 Å². The zero-order valence-corrected chi connectivity index (χ0v) is 18.2. The van der Waals surface area contributed by atoms with Crippen molar-refractivity contribution in [1.82, 2.24) is 15.5 Å². The average molecular weight is 416 g/mol. The molecule has 0 aromatic heterocycles. The van der Waals surface area contributed by atoms with Gasteiger partial charge < -0.3 is 25.0 Å². The van der Waals surface area contributed by atoms with E-state index >= 15 is 0 Å². The summed E-state index contributed by atoms with van der Waals surface area (Å²) in [5.74, 6) is 1.64. The summed E-state index contributed by atoms with van der Waals surface area (Å²) in [6.45, 7) is 7.81. The summed E-state index contributed by atoms with van der Waals surface area (Å²) in [6.07, 6.45) is 3.40. The number of hydrogen-bond acceptors (Lipinski definition) is 5. The van der Waals surface area contributed by atoms with Crippen LogP contribution in [0.1, 0.15) is 49.9 Å². The minimum atomic E-state index is -0.711. The Hall–Kier alpha value is -2.28. The molecule has 1 aromatic carbocycles. The molecule has 164 valence electrons. The molecule has 4 aliphatic rings. The van der Waals surface area contributed by atoms with E-state index in [9.17, 15) is 9.59 Å². The Balaban J connectivity index is 1.44. The molecule has 0 radical (unpaired) electrons. The number of nitrogens with zero attached hydrogens (tertiary/aromatic N) is 1. The molecule has 7 nitrogen and oxygen atoms in total. The third kappa shape index (κ3) is 3.75. The number of carbonyl (C=O) groups excluding carboxylic acids is 2. The van der Waals surface area contributed by atoms with Crippen molar-refractivity contribution in [3.8, 4) is 11.5 Å². The SMILES string of the molecule is CCN(CC)CCNC(=O)[C@H]1C[C@H]2CC[C@H]1C[C@]21NC(=O)c2ccc(OC)cc2O1. The molecular weight excluding hydrogens is 382 g/mol. The highest BCUT2D eigenvalue weighted by molar-refractivity contribution is 5.98. The molecule has 1 heterocycles. The van der Waals surface area contributed by atoms with E-state index in [4.69, 9.17) is 9.47 Å². The highest BCUT2D eigenvalue weighted by Crippen LogP contribution is 2.52. The molecule has 7 heteroatoms. The zero-order valence-electron chi connectivity index (χ0n) is 18.2. The van der Waals surface area contributed by atoms with E-state index < -0.39 is 5.72 Å². The second-order valence-electron chi connectivity index (χ2n) is 8.71. The van der Waals surface area contributed by atoms with Crippen LogP contribution in [0.5, 0.6) is 11.5 Å². The Morgan fingerprint density at radius 1 is 1.33 bits per heavy atom. The highest BCUT2D eigenvalue weighted by atomic mass is 16.5. The van der Waals surface area contributed by atoms with Crippen LogP contribution >= 0.6 is 0 Å². The van der Waals surface area contributed by atoms with Gasteiger partial charge in [-0.2, -0.15) is 0 Å². The van der Waals surface area contributed by atoms with E-state index in [2.05, 4.69) is 29.4 Å². The fourth-order valence-electron chi connectivity index (χ4n) is 5.45. The van der Waals surface area contributed by atoms with E-state index in [0.29, 0.717) is 30.0 Å². The van der Waals surface area contributed by atoms with Crippen molar-refractivity contribution in [3.05, 3.63) is 23.8 Å². The number of rotatable bonds is 7. The summed E-state index contributed by atoms with van der Waals surface area (Å²) in [4.78, 5) is 28.0. The largest absolute Gasteiger partial charge is 0.497 e. The monoisotopic (exact) mass is 415 g/mol. The molecule has 4 atom stereocenters. The maximum absolute atomic E-state index is 12.9. The molecule has 3 saturated carbocycles. The van der Waals surface area contributed by atoms with E-state index in [1.807, 2.05) is 0 Å². The fraction of sp³-hybridized carbons (Fsp3) is 0.652. The molecule has 0 saturated heterocycles. The van der Waals surface area contributed by atoms with Crippen LogP contribution in [-0.4, -0.2) is 55.7 Å². The van der Waals surface area contributed by atoms with Gasteiger partial charge in [0, 0.05) is 37.4 Å². The molecule has 3 aliphatic carbocycles. The van der Waals surface area contributed by atoms with Gasteiger partial charge in [-0.3, -0.25) is 9.59 Å². The summed E-state index contributed by atoms with van der Waals surface area (Å²) in [5, 5.41) is 6.29. The number of amides is 2. The van der Waals surface area contributed by atoms with Gasteiger partial charge in [0.15, 0.2) is 5.72 Å². The minimum Gasteiger partial charge on any atom is -0.497 e. The molecule has 5 rings (SSSR count). The molecule has 0 unspecified atom stereocenters. The topological polar surface area (TPSA) is 79.9 Å². The summed E-state index contributed by atoms with van der Waals surface area (Å²) in [5.41, 5.74) is -0.175. The lowest BCUT2D eigenvalue weighted by atomic mass is 9.60. The van der Waals surface area contributed by atoms with Crippen LogP contribution in [-0.2, 0) is 4.79 Å². The van der Waals surface area contributed by atoms with Gasteiger partial charge in [0.25, 0.3) is 5.91 Å². The second kappa shape index (κ2) is 8.46. The Labute approximate surface area is 178 Å². The number of hydrogen-bond donors (Lipinski definition) is 2. The molecule has 2 amide bonds. The van der Waals surface area contributed by atoms with Gasteiger partial charge in [-0.15, -0.1) is 0 Å². The third-order valence-corrected chi connectivity index (χ3v) is 7.23. The first kappa shape index (κ1) is 21.0. The van der Waals surface area contributed by atoms with Crippen molar-refractivity contribution in [3.63, 3.8) is 0 Å². The lowest BCUT2D eigenvalue weighted by Crippen LogP contribution is -2.67. The lowest BCUT2D eigenvalue weighted by molar-refractivity contribution is -0.146. The Morgan fingerprint density at radius 2 is 2.13 bits per heavy atom. The number of methoxy groups -OCH3 is 1. The van der Waals surface area contributed by atoms with Crippen molar-refractivity contribution in [2.24, 2.45) is 17.8 Å². The van der Waals surface area contributed by atoms with E-state index in [1.54, 1.807) is 25.3 Å². The van der Waals surface area contributed by atoms with Crippen LogP contribution in [0.15, 0.2) is 18.2 Å². The first-order valence-electron chi connectivity index (χ1n) is 11.2. The first-order valence-corrected chi connectivity index (χ1v) is 11.2. The van der Waals surface area contributed by atoms with Crippen molar-refractivity contribution in [2.75, 3.05) is 33.3 Å². The van der Waals surface area contributed by atoms with E-state index in [0.717, 1.165) is 38.9 Å². The molecule has 30 heavy (non-hydrogen) atoms. The van der Waals surface area contributed by atoms with Crippen LogP contribution in [0.2, 0.25) is 0 Å². The predicted molar refractivity (Wildman–Crippen MR) is 114 cm³/mol. The number of nitrogens with one attached hydrogen (secondary N) is 2. The van der Waals surface area contributed by atoms with Gasteiger partial charge in [-0.1, -0.05) is 13.8 Å². The fourth-order valence-corrected chi connectivity index (χ4v) is 5.45. The summed E-state index contributed by atoms with van der Waals surface area (Å²) < 4.78 is 11.7. The lowest BCUT2D eigenvalue weighted by Gasteiger charge is -2.55. The summed E-state index contributed by atoms with van der Waals surface area (Å²) in [7, 11) is 1.60. The van der Waals surface area contributed by atoms with Gasteiger partial charge >= 0.3 is 0 Å². The molecule has 3 fully saturated rings. The Morgan fingerprint density at radius 3 is 2.80 bits per heavy atom. The van der Waals surface area contributed by atoms with Crippen molar-refractivity contribution >= 4 is 11.8 Å². The van der Waals surface area contributed by atoms with Crippen molar-refractivity contribution < 1.29 is 19.1 Å². The highest BCUT2D eigenvalue weighted by Gasteiger charge is 2.57. The quantitative estimate of drug-likeness (QED) is 0.715. The molecule has 1 spiro atoms. The second-order valence-corrected chi connectivity index (χ2v) is 8.71. The van der Waals surface area contributed by atoms with Gasteiger partial charge in [0.05, 0.1) is 12.7 Å². The average Bonchev–Trinajstić information content (AvgIpc) is 2.76. The smallest absolute Gasteiger partial charge is 0.258 e. The van der Waals surface area contributed by atoms with Gasteiger partial charge in [-0.05, 0) is 50.4 Å². The molecule has 1 aromatic rings. The van der Waals surface area contributed by atoms with Crippen LogP contribution < -0.4 is 20.1 Å². The normalized spacial score (nSPS) is 29.3. The Kier molecular flexibility index (Phi) is 5.91. The number of likely N-dealkylation sites (N-methyl/N-ethyl adjacent to an activating group) is 1. The van der Waals surface area contributed by atoms with E-state index in [-0.39, 0.29) is 29.6 Å². The Bertz CT molecular complexity index is 810. The summed E-state index contributed by atoms with van der Waals surface area (Å²) >= 11 is 0. The van der Waals surface area contributed by atoms with Crippen LogP contribution in [0.25, 0.3) is 0 Å². The van der Waals surface area contributed by atoms with E-state index in [1.165, 1.54) is 0 Å². The van der Waals surface area contributed by atoms with Gasteiger partial charge in [0.1, 0.15) is 11.5 Å². The van der Waals surface area contributed by atoms with Crippen LogP contribution in [0.3, 0.4) is 0 Å². The maximum atomic E-state index is 12.9. The van der Waals surface area contributed by atoms with Crippen LogP contribution in [0, 0.1) is 17.8 Å². The third-order valence-electron chi connectivity index (χ3n) is 7.23. The van der Waals surface area contributed by atoms with Crippen molar-refractivity contribution in [1.29, 1.82) is 0 Å². The number of ether oxygens (including phenoxy) is 2. The molecule has 2 N–H and O–H groups in total. The zero-order chi connectivity index (χ0) is 21.3. The minimum absolute atomic E-state index is 0.00159. The standard InChI is InChI=1S/C23H33N3O4/c1-4-26(5-2)11-10-24-21(27)19-12-16-7-6-15(19)14-23(16)25-22(28)18-9-8-17(29-3)13-20(18)30-23/h8-9,13,15-16,19H,4-7,10-12,14H2,1-3H3,(H,24,27)(H,25,28)/t15-,16+,19-,23+/m0/s1. The molecule has 1 aliphatic heterocycles. The number of fused-ring (bicyclic) bond motifs is 3.